The zero-order chi connectivity index (χ0) is 4.50. The monoisotopic (exact) mass is 222 g/mol. The van der Waals surface area contributed by atoms with E-state index in [2.05, 4.69) is 0 Å². The zero-order valence-corrected chi connectivity index (χ0v) is 5.09. The van der Waals surface area contributed by atoms with Crippen molar-refractivity contribution in [1.82, 2.24) is 0 Å². The van der Waals surface area contributed by atoms with Gasteiger partial charge in [0.05, 0.1) is 0 Å². The van der Waals surface area contributed by atoms with Crippen molar-refractivity contribution in [3.63, 3.8) is 0 Å². The van der Waals surface area contributed by atoms with E-state index >= 15 is 0 Å². The Bertz CT molecular complexity index is 72.2. The van der Waals surface area contributed by atoms with E-state index in [0.717, 1.165) is 0 Å². The van der Waals surface area contributed by atoms with E-state index in [1.807, 2.05) is 0 Å². The third-order valence-electron chi connectivity index (χ3n) is 0. The van der Waals surface area contributed by atoms with Crippen LogP contribution in [0.5, 0.6) is 0 Å². The number of hydrogen-bond donors (Lipinski definition) is 3. The Kier molecular flexibility index (Phi) is 43.5. The number of rotatable bonds is 0. The first-order valence-electron chi connectivity index (χ1n) is 0.783. The van der Waals surface area contributed by atoms with Gasteiger partial charge in [0.15, 0.2) is 17.4 Å². The summed E-state index contributed by atoms with van der Waals surface area (Å²) < 4.78 is 8.88. The van der Waals surface area contributed by atoms with Crippen LogP contribution in [0, 0.1) is 0 Å². The van der Waals surface area contributed by atoms with Gasteiger partial charge in [-0.15, -0.1) is 0 Å². The molecule has 0 aliphatic carbocycles. The normalized spacial score (nSPS) is 6.56. The van der Waals surface area contributed by atoms with E-state index in [0.29, 0.717) is 0 Å². The molecular weight excluding hydrogens is 208 g/mol. The van der Waals surface area contributed by atoms with E-state index in [-0.39, 0.29) is 75.5 Å². The maximum absolute atomic E-state index is 8.88. The van der Waals surface area contributed by atoms with Gasteiger partial charge < -0.3 is 17.5 Å². The zero-order valence-electron chi connectivity index (χ0n) is 6.20. The first-order chi connectivity index (χ1) is 2.00. The summed E-state index contributed by atoms with van der Waals surface area (Å²) in [6, 6.07) is 0. The average molecular weight is 221 g/mol. The molecule has 0 rings (SSSR count). The van der Waals surface area contributed by atoms with Crippen molar-refractivity contribution in [3.8, 4) is 0 Å². The first-order valence-corrected chi connectivity index (χ1v) is 2.35. The van der Waals surface area contributed by atoms with Gasteiger partial charge >= 0.3 is 63.1 Å². The van der Waals surface area contributed by atoms with Crippen molar-refractivity contribution in [2.75, 3.05) is 0 Å². The maximum atomic E-state index is 8.88. The minimum Gasteiger partial charge on any atom is -1.00 e. The summed E-state index contributed by atoms with van der Waals surface area (Å²) in [5, 5.41) is 0. The van der Waals surface area contributed by atoms with Crippen LogP contribution in [0.2, 0.25) is 0 Å². The molecule has 0 aliphatic heterocycles. The van der Waals surface area contributed by atoms with Gasteiger partial charge in [-0.3, -0.25) is 0 Å². The summed E-state index contributed by atoms with van der Waals surface area (Å²) in [6.45, 7) is 0. The molecule has 0 aromatic rings. The molecule has 0 heterocycles. The molecular formula is H12AlGeLi2O4P. The maximum Gasteiger partial charge on any atom is 1.00 e. The molecule has 4 nitrogen and oxygen atoms in total. The largest absolute Gasteiger partial charge is 1.00 e. The van der Waals surface area contributed by atoms with Crippen LogP contribution in [0.4, 0.5) is 0 Å². The smallest absolute Gasteiger partial charge is 1.00 e. The standard InChI is InChI=1S/Al.GeH4.2Li.H3O4P.5H/c;;;;1-5(2,3)4;;;;;/h;1H4;;;(H3,1,2,3,4);;;;;/q;;2*+1;;;;;2*-1. The van der Waals surface area contributed by atoms with E-state index in [9.17, 15) is 0 Å². The molecule has 0 aliphatic rings. The van der Waals surface area contributed by atoms with E-state index < -0.39 is 7.82 Å². The third kappa shape index (κ3) is 129. The molecule has 3 N–H and O–H groups in total. The Hall–Kier alpha value is 2.38. The van der Waals surface area contributed by atoms with Gasteiger partial charge in [-0.05, 0) is 0 Å². The van der Waals surface area contributed by atoms with Crippen molar-refractivity contribution in [2.45, 2.75) is 0 Å². The Morgan fingerprint density at radius 3 is 1.11 bits per heavy atom. The molecule has 0 amide bonds. The molecule has 0 aromatic heterocycles. The van der Waals surface area contributed by atoms with Gasteiger partial charge in [0.25, 0.3) is 0 Å². The van der Waals surface area contributed by atoms with Crippen molar-refractivity contribution in [1.29, 1.82) is 0 Å². The summed E-state index contributed by atoms with van der Waals surface area (Å²) in [6.07, 6.45) is 0. The quantitative estimate of drug-likeness (QED) is 0.280. The van der Waals surface area contributed by atoms with Crippen LogP contribution in [0.15, 0.2) is 0 Å². The Balaban J connectivity index is -0.00000000533. The second-order valence-corrected chi connectivity index (χ2v) is 1.54. The number of phosphoric acid groups is 1. The fraction of sp³-hybridized carbons (Fsp3) is 0. The van der Waals surface area contributed by atoms with Crippen LogP contribution in [-0.2, 0) is 4.57 Å². The molecule has 50 valence electrons. The molecule has 0 spiro atoms. The van der Waals surface area contributed by atoms with Crippen LogP contribution in [0.3, 0.4) is 0 Å². The predicted molar refractivity (Wildman–Crippen MR) is 37.8 cm³/mol. The Labute approximate surface area is 102 Å². The minimum atomic E-state index is -4.64. The molecule has 0 saturated heterocycles. The van der Waals surface area contributed by atoms with E-state index in [4.69, 9.17) is 19.2 Å². The SMILES string of the molecule is O=P(O)(O)O.[AlH3].[GeH4].[H-].[H-].[Li+].[Li+]. The van der Waals surface area contributed by atoms with Crippen LogP contribution in [0.1, 0.15) is 2.85 Å². The molecule has 0 aromatic carbocycles. The molecule has 0 atom stereocenters. The number of hydrogen-bond acceptors (Lipinski definition) is 1. The first kappa shape index (κ1) is 30.1. The van der Waals surface area contributed by atoms with Crippen molar-refractivity contribution in [3.05, 3.63) is 0 Å². The fourth-order valence-electron chi connectivity index (χ4n) is 0. The van der Waals surface area contributed by atoms with Gasteiger partial charge in [0.2, 0.25) is 0 Å². The molecule has 0 fully saturated rings. The predicted octanol–water partition coefficient (Wildman–Crippen LogP) is -9.33. The minimum absolute atomic E-state index is 0. The Morgan fingerprint density at radius 2 is 1.11 bits per heavy atom. The van der Waals surface area contributed by atoms with Crippen LogP contribution in [-0.4, -0.2) is 49.6 Å². The van der Waals surface area contributed by atoms with Gasteiger partial charge in [-0.1, -0.05) is 0 Å². The molecule has 0 radical (unpaired) electrons. The van der Waals surface area contributed by atoms with Crippen molar-refractivity contribution >= 4 is 42.8 Å². The second kappa shape index (κ2) is 13.0. The second-order valence-electron chi connectivity index (χ2n) is 0.513. The van der Waals surface area contributed by atoms with Gasteiger partial charge in [0.1, 0.15) is 0 Å². The van der Waals surface area contributed by atoms with Gasteiger partial charge in [0, 0.05) is 0 Å². The summed E-state index contributed by atoms with van der Waals surface area (Å²) in [5.74, 6) is 0. The Morgan fingerprint density at radius 1 is 1.11 bits per heavy atom. The topological polar surface area (TPSA) is 77.8 Å². The average Bonchev–Trinajstić information content (AvgIpc) is 0.722. The van der Waals surface area contributed by atoms with Crippen LogP contribution < -0.4 is 37.7 Å². The summed E-state index contributed by atoms with van der Waals surface area (Å²) in [5.41, 5.74) is 0. The summed E-state index contributed by atoms with van der Waals surface area (Å²) in [7, 11) is -4.64. The van der Waals surface area contributed by atoms with E-state index in [1.54, 1.807) is 0 Å². The van der Waals surface area contributed by atoms with Crippen molar-refractivity contribution in [2.24, 2.45) is 0 Å². The van der Waals surface area contributed by atoms with Crippen LogP contribution >= 0.6 is 7.82 Å². The van der Waals surface area contributed by atoms with Gasteiger partial charge in [-0.2, -0.15) is 0 Å². The molecule has 0 saturated carbocycles. The fourth-order valence-corrected chi connectivity index (χ4v) is 0. The molecule has 0 unspecified atom stereocenters. The van der Waals surface area contributed by atoms with Crippen molar-refractivity contribution < 1.29 is 59.8 Å². The molecule has 9 heavy (non-hydrogen) atoms. The summed E-state index contributed by atoms with van der Waals surface area (Å²) in [4.78, 5) is 21.6. The van der Waals surface area contributed by atoms with Gasteiger partial charge in [-0.25, -0.2) is 4.57 Å². The third-order valence-corrected chi connectivity index (χ3v) is 0. The van der Waals surface area contributed by atoms with E-state index in [1.165, 1.54) is 0 Å². The molecule has 9 heteroatoms. The van der Waals surface area contributed by atoms with Crippen LogP contribution in [0.25, 0.3) is 0 Å². The summed E-state index contributed by atoms with van der Waals surface area (Å²) >= 11 is 0. The molecule has 0 bridgehead atoms.